The van der Waals surface area contributed by atoms with Gasteiger partial charge in [0, 0.05) is 106 Å². The van der Waals surface area contributed by atoms with Gasteiger partial charge in [-0.25, -0.2) is 15.0 Å². The molecule has 0 amide bonds. The number of rotatable bonds is 13. The summed E-state index contributed by atoms with van der Waals surface area (Å²) >= 11 is 0. The van der Waals surface area contributed by atoms with E-state index in [1.165, 1.54) is 11.1 Å². The summed E-state index contributed by atoms with van der Waals surface area (Å²) in [5, 5.41) is 0. The van der Waals surface area contributed by atoms with E-state index in [0.717, 1.165) is 101 Å². The zero-order valence-corrected chi connectivity index (χ0v) is 42.8. The molecule has 5 aromatic heterocycles. The van der Waals surface area contributed by atoms with Crippen LogP contribution in [0.3, 0.4) is 0 Å². The predicted octanol–water partition coefficient (Wildman–Crippen LogP) is 17.6. The van der Waals surface area contributed by atoms with E-state index in [2.05, 4.69) is 231 Å². The number of hydrogen-bond acceptors (Lipinski definition) is 8. The summed E-state index contributed by atoms with van der Waals surface area (Å²) in [5.41, 5.74) is 20.1. The maximum atomic E-state index is 5.37. The number of aromatic nitrogens is 7. The Balaban J connectivity index is 0.950. The van der Waals surface area contributed by atoms with Gasteiger partial charge >= 0.3 is 0 Å². The highest BCUT2D eigenvalue weighted by Crippen LogP contribution is 2.40. The van der Waals surface area contributed by atoms with Crippen LogP contribution in [0.15, 0.2) is 292 Å². The van der Waals surface area contributed by atoms with Crippen LogP contribution in [0.4, 0.5) is 17.1 Å². The molecule has 0 saturated heterocycles. The van der Waals surface area contributed by atoms with Crippen LogP contribution in [-0.2, 0) is 0 Å². The molecule has 8 heteroatoms. The molecule has 0 saturated carbocycles. The molecule has 0 bridgehead atoms. The molecule has 0 radical (unpaired) electrons. The first-order chi connectivity index (χ1) is 39.1. The molecule has 0 fully saturated rings. The monoisotopic (exact) mass is 1010 g/mol. The smallest absolute Gasteiger partial charge is 0.164 e. The van der Waals surface area contributed by atoms with Crippen LogP contribution >= 0.6 is 0 Å². The molecule has 13 rings (SSSR count). The summed E-state index contributed by atoms with van der Waals surface area (Å²) in [6.45, 7) is 0. The number of pyridine rings is 4. The molecule has 0 spiro atoms. The molecule has 0 atom stereocenters. The first-order valence-corrected chi connectivity index (χ1v) is 26.1. The summed E-state index contributed by atoms with van der Waals surface area (Å²) in [6.07, 6.45) is 14.7. The molecule has 8 nitrogen and oxygen atoms in total. The standard InChI is InChI=1S/C71H48N8/c1-3-13-49(14-4-1)51-25-29-66(30-26-51)79(67-31-27-52(28-32-67)50-15-5-2-6-16-50)68-24-8-18-54(44-68)53-17-7-19-55(37-53)69-76-70(64-40-60(56-20-9-33-72-45-56)38-61(41-64)57-21-10-34-73-46-57)78-71(77-69)65-42-62(58-22-11-35-74-47-58)39-63(43-65)59-23-12-36-75-48-59/h1-48H. The maximum Gasteiger partial charge on any atom is 0.164 e. The van der Waals surface area contributed by atoms with Crippen molar-refractivity contribution in [1.29, 1.82) is 0 Å². The highest BCUT2D eigenvalue weighted by Gasteiger charge is 2.19. The van der Waals surface area contributed by atoms with Gasteiger partial charge in [-0.15, -0.1) is 0 Å². The third-order valence-electron chi connectivity index (χ3n) is 14.0. The molecular formula is C71H48N8. The van der Waals surface area contributed by atoms with Crippen LogP contribution in [0, 0.1) is 0 Å². The van der Waals surface area contributed by atoms with E-state index in [1.807, 2.05) is 61.2 Å². The van der Waals surface area contributed by atoms with E-state index in [0.29, 0.717) is 17.5 Å². The van der Waals surface area contributed by atoms with Crippen molar-refractivity contribution in [1.82, 2.24) is 34.9 Å². The highest BCUT2D eigenvalue weighted by molar-refractivity contribution is 5.85. The highest BCUT2D eigenvalue weighted by atomic mass is 15.1. The van der Waals surface area contributed by atoms with E-state index in [4.69, 9.17) is 15.0 Å². The van der Waals surface area contributed by atoms with Crippen LogP contribution < -0.4 is 4.90 Å². The third-order valence-corrected chi connectivity index (χ3v) is 14.0. The summed E-state index contributed by atoms with van der Waals surface area (Å²) in [6, 6.07) is 84.7. The Bertz CT molecular complexity index is 3860. The fraction of sp³-hybridized carbons (Fsp3) is 0. The van der Waals surface area contributed by atoms with Gasteiger partial charge in [-0.05, 0) is 159 Å². The van der Waals surface area contributed by atoms with Crippen LogP contribution in [0.1, 0.15) is 0 Å². The molecule has 372 valence electrons. The molecule has 0 unspecified atom stereocenters. The predicted molar refractivity (Wildman–Crippen MR) is 320 cm³/mol. The third kappa shape index (κ3) is 10.5. The summed E-state index contributed by atoms with van der Waals surface area (Å²) in [4.78, 5) is 36.3. The Labute approximate surface area is 458 Å². The lowest BCUT2D eigenvalue weighted by Gasteiger charge is -2.26. The average molecular weight is 1010 g/mol. The van der Waals surface area contributed by atoms with Crippen molar-refractivity contribution in [2.75, 3.05) is 4.90 Å². The number of hydrogen-bond donors (Lipinski definition) is 0. The number of anilines is 3. The van der Waals surface area contributed by atoms with Gasteiger partial charge in [0.05, 0.1) is 0 Å². The summed E-state index contributed by atoms with van der Waals surface area (Å²) < 4.78 is 0. The lowest BCUT2D eigenvalue weighted by molar-refractivity contribution is 1.07. The average Bonchev–Trinajstić information content (AvgIpc) is 3.60. The molecule has 0 aliphatic heterocycles. The van der Waals surface area contributed by atoms with Gasteiger partial charge in [-0.2, -0.15) is 0 Å². The maximum absolute atomic E-state index is 5.37. The number of nitrogens with zero attached hydrogens (tertiary/aromatic N) is 8. The van der Waals surface area contributed by atoms with Crippen molar-refractivity contribution in [3.05, 3.63) is 292 Å². The van der Waals surface area contributed by atoms with Gasteiger partial charge in [0.15, 0.2) is 17.5 Å². The first kappa shape index (κ1) is 47.9. The molecule has 5 heterocycles. The Kier molecular flexibility index (Phi) is 13.2. The van der Waals surface area contributed by atoms with E-state index < -0.39 is 0 Å². The van der Waals surface area contributed by atoms with Gasteiger partial charge < -0.3 is 4.90 Å². The minimum atomic E-state index is 0.519. The van der Waals surface area contributed by atoms with Crippen molar-refractivity contribution in [3.63, 3.8) is 0 Å². The van der Waals surface area contributed by atoms with E-state index >= 15 is 0 Å². The van der Waals surface area contributed by atoms with Gasteiger partial charge in [-0.3, -0.25) is 19.9 Å². The van der Waals surface area contributed by atoms with Crippen LogP contribution in [0.25, 0.3) is 112 Å². The van der Waals surface area contributed by atoms with Crippen molar-refractivity contribution in [2.24, 2.45) is 0 Å². The lowest BCUT2D eigenvalue weighted by atomic mass is 9.96. The second-order valence-corrected chi connectivity index (χ2v) is 19.2. The molecule has 8 aromatic carbocycles. The van der Waals surface area contributed by atoms with Gasteiger partial charge in [-0.1, -0.05) is 140 Å². The van der Waals surface area contributed by atoms with Crippen molar-refractivity contribution < 1.29 is 0 Å². The zero-order chi connectivity index (χ0) is 52.7. The Hall–Kier alpha value is -10.8. The number of benzene rings is 8. The van der Waals surface area contributed by atoms with E-state index in [-0.39, 0.29) is 0 Å². The topological polar surface area (TPSA) is 93.5 Å². The SMILES string of the molecule is c1ccc(-c2ccc(N(c3ccc(-c4ccccc4)cc3)c3cccc(-c4cccc(-c5nc(-c6cc(-c7cccnc7)cc(-c7cccnc7)c6)nc(-c6cc(-c7cccnc7)cc(-c7cccnc7)c6)n5)c4)c3)cc2)cc1. The minimum Gasteiger partial charge on any atom is -0.310 e. The van der Waals surface area contributed by atoms with Crippen LogP contribution in [0.5, 0.6) is 0 Å². The minimum absolute atomic E-state index is 0.519. The second kappa shape index (κ2) is 21.8. The molecule has 79 heavy (non-hydrogen) atoms. The van der Waals surface area contributed by atoms with Gasteiger partial charge in [0.1, 0.15) is 0 Å². The fourth-order valence-electron chi connectivity index (χ4n) is 10.1. The zero-order valence-electron chi connectivity index (χ0n) is 42.8. The summed E-state index contributed by atoms with van der Waals surface area (Å²) in [7, 11) is 0. The van der Waals surface area contributed by atoms with Gasteiger partial charge in [0.25, 0.3) is 0 Å². The Morgan fingerprint density at radius 1 is 0.190 bits per heavy atom. The lowest BCUT2D eigenvalue weighted by Crippen LogP contribution is -2.10. The Morgan fingerprint density at radius 3 is 0.886 bits per heavy atom. The van der Waals surface area contributed by atoms with Crippen molar-refractivity contribution >= 4 is 17.1 Å². The molecule has 13 aromatic rings. The molecular weight excluding hydrogens is 965 g/mol. The van der Waals surface area contributed by atoms with Gasteiger partial charge in [0.2, 0.25) is 0 Å². The molecule has 0 N–H and O–H groups in total. The normalized spacial score (nSPS) is 11.0. The molecule has 0 aliphatic rings. The van der Waals surface area contributed by atoms with E-state index in [1.54, 1.807) is 24.8 Å². The molecule has 0 aliphatic carbocycles. The first-order valence-electron chi connectivity index (χ1n) is 26.1. The fourth-order valence-corrected chi connectivity index (χ4v) is 10.1. The Morgan fingerprint density at radius 2 is 0.494 bits per heavy atom. The van der Waals surface area contributed by atoms with Crippen molar-refractivity contribution in [2.45, 2.75) is 0 Å². The van der Waals surface area contributed by atoms with E-state index in [9.17, 15) is 0 Å². The van der Waals surface area contributed by atoms with Crippen molar-refractivity contribution in [3.8, 4) is 112 Å². The van der Waals surface area contributed by atoms with Crippen LogP contribution in [-0.4, -0.2) is 34.9 Å². The quantitative estimate of drug-likeness (QED) is 0.113. The van der Waals surface area contributed by atoms with Crippen LogP contribution in [0.2, 0.25) is 0 Å². The summed E-state index contributed by atoms with van der Waals surface area (Å²) in [5.74, 6) is 1.57. The largest absolute Gasteiger partial charge is 0.310 e. The second-order valence-electron chi connectivity index (χ2n) is 19.2.